The van der Waals surface area contributed by atoms with Crippen molar-refractivity contribution in [3.8, 4) is 28.1 Å². The Balaban J connectivity index is 1.55. The fraction of sp³-hybridized carbons (Fsp3) is 0.276. The molecular weight excluding hydrogens is 711 g/mol. The van der Waals surface area contributed by atoms with E-state index in [2.05, 4.69) is 227 Å². The summed E-state index contributed by atoms with van der Waals surface area (Å²) in [4.78, 5) is 0. The van der Waals surface area contributed by atoms with E-state index in [0.29, 0.717) is 0 Å². The predicted molar refractivity (Wildman–Crippen MR) is 259 cm³/mol. The molecule has 59 heavy (non-hydrogen) atoms. The van der Waals surface area contributed by atoms with Gasteiger partial charge in [0.05, 0.1) is 11.2 Å². The maximum atomic E-state index is 2.60. The molecule has 0 spiro atoms. The van der Waals surface area contributed by atoms with Crippen molar-refractivity contribution in [1.82, 2.24) is 4.57 Å². The Morgan fingerprint density at radius 1 is 0.305 bits per heavy atom. The van der Waals surface area contributed by atoms with Gasteiger partial charge in [0.25, 0.3) is 0 Å². The number of hydrogen-bond acceptors (Lipinski definition) is 0. The zero-order valence-corrected chi connectivity index (χ0v) is 37.2. The average molecular weight is 770 g/mol. The van der Waals surface area contributed by atoms with Gasteiger partial charge in [0, 0.05) is 16.6 Å². The molecule has 0 atom stereocenters. The number of aromatic nitrogens is 1. The summed E-state index contributed by atoms with van der Waals surface area (Å²) >= 11 is 0. The highest BCUT2D eigenvalue weighted by Gasteiger charge is 2.32. The molecule has 1 aromatic heterocycles. The van der Waals surface area contributed by atoms with Crippen molar-refractivity contribution in [3.05, 3.63) is 162 Å². The average Bonchev–Trinajstić information content (AvgIpc) is 3.50. The van der Waals surface area contributed by atoms with Gasteiger partial charge in [0.2, 0.25) is 0 Å². The Hall–Kier alpha value is -5.66. The Labute approximate surface area is 351 Å². The molecule has 1 nitrogen and oxygen atoms in total. The zero-order valence-electron chi connectivity index (χ0n) is 37.2. The number of hydrogen-bond donors (Lipinski definition) is 0. The van der Waals surface area contributed by atoms with Gasteiger partial charge in [0.1, 0.15) is 0 Å². The van der Waals surface area contributed by atoms with Crippen LogP contribution in [0.5, 0.6) is 0 Å². The van der Waals surface area contributed by atoms with Crippen molar-refractivity contribution in [1.29, 1.82) is 0 Å². The highest BCUT2D eigenvalue weighted by atomic mass is 15.0. The van der Waals surface area contributed by atoms with Crippen molar-refractivity contribution >= 4 is 54.0 Å². The highest BCUT2D eigenvalue weighted by molar-refractivity contribution is 6.16. The van der Waals surface area contributed by atoms with Crippen LogP contribution >= 0.6 is 0 Å². The second-order valence-corrected chi connectivity index (χ2v) is 21.0. The second-order valence-electron chi connectivity index (χ2n) is 21.0. The quantitative estimate of drug-likeness (QED) is 0.158. The lowest BCUT2D eigenvalue weighted by atomic mass is 9.74. The Bertz CT molecular complexity index is 3090. The van der Waals surface area contributed by atoms with Crippen LogP contribution < -0.4 is 0 Å². The van der Waals surface area contributed by atoms with Crippen LogP contribution in [-0.4, -0.2) is 4.57 Å². The summed E-state index contributed by atoms with van der Waals surface area (Å²) in [6.07, 6.45) is 0. The number of rotatable bonds is 3. The molecule has 9 aromatic rings. The van der Waals surface area contributed by atoms with E-state index in [1.807, 2.05) is 0 Å². The van der Waals surface area contributed by atoms with E-state index in [9.17, 15) is 0 Å². The van der Waals surface area contributed by atoms with E-state index in [4.69, 9.17) is 0 Å². The molecule has 0 aliphatic rings. The summed E-state index contributed by atoms with van der Waals surface area (Å²) in [5, 5.41) is 12.0. The monoisotopic (exact) mass is 769 g/mol. The lowest BCUT2D eigenvalue weighted by Crippen LogP contribution is -2.18. The maximum Gasteiger partial charge on any atom is 0.0619 e. The number of benzene rings is 8. The van der Waals surface area contributed by atoms with Crippen LogP contribution in [0.25, 0.3) is 82.1 Å². The molecule has 1 heteroatoms. The summed E-state index contributed by atoms with van der Waals surface area (Å²) < 4.78 is 2.60. The van der Waals surface area contributed by atoms with E-state index in [1.54, 1.807) is 0 Å². The van der Waals surface area contributed by atoms with Crippen LogP contribution in [0, 0.1) is 0 Å². The molecule has 0 aliphatic heterocycles. The van der Waals surface area contributed by atoms with Crippen molar-refractivity contribution in [2.24, 2.45) is 0 Å². The van der Waals surface area contributed by atoms with Gasteiger partial charge in [-0.25, -0.2) is 0 Å². The summed E-state index contributed by atoms with van der Waals surface area (Å²) in [6.45, 7) is 28.5. The molecule has 0 amide bonds. The molecule has 0 saturated heterocycles. The Kier molecular flexibility index (Phi) is 8.84. The highest BCUT2D eigenvalue weighted by Crippen LogP contribution is 2.50. The molecule has 0 radical (unpaired) electrons. The van der Waals surface area contributed by atoms with Crippen LogP contribution in [-0.2, 0) is 21.7 Å². The van der Waals surface area contributed by atoms with E-state index >= 15 is 0 Å². The fourth-order valence-corrected chi connectivity index (χ4v) is 10.5. The molecule has 0 saturated carbocycles. The second kappa shape index (κ2) is 13.4. The standard InChI is InChI=1S/C58H59N/c1-55(2,3)50-39-27-19-20-28-40(39)51(56(4,5)6)44-33-38(31-32-43(44)50)59-48-35-46-45(52(57(7,8)9)41-29-21-22-30-42(41)53(46)58(10,11)12)34-47(48)49(36-23-15-13-16-24-36)54(59)37-25-17-14-18-26-37/h13-35H,1-12H3. The SMILES string of the molecule is CC(C)(C)c1c2ccccc2c(C(C)(C)C)c2cc(-n3c(-c4ccccc4)c(-c4ccccc4)c4cc5c(C(C)(C)C)c6ccccc6c(C(C)(C)C)c5cc43)ccc12. The molecule has 0 aliphatic carbocycles. The molecule has 0 bridgehead atoms. The van der Waals surface area contributed by atoms with Crippen molar-refractivity contribution in [2.45, 2.75) is 105 Å². The third kappa shape index (κ3) is 6.28. The lowest BCUT2D eigenvalue weighted by molar-refractivity contribution is 0.593. The van der Waals surface area contributed by atoms with Gasteiger partial charge >= 0.3 is 0 Å². The zero-order chi connectivity index (χ0) is 41.8. The maximum absolute atomic E-state index is 2.60. The molecule has 0 unspecified atom stereocenters. The van der Waals surface area contributed by atoms with Crippen LogP contribution in [0.4, 0.5) is 0 Å². The van der Waals surface area contributed by atoms with Crippen molar-refractivity contribution in [2.75, 3.05) is 0 Å². The van der Waals surface area contributed by atoms with E-state index in [0.717, 1.165) is 0 Å². The Morgan fingerprint density at radius 2 is 0.661 bits per heavy atom. The van der Waals surface area contributed by atoms with Crippen LogP contribution in [0.15, 0.2) is 140 Å². The number of nitrogens with zero attached hydrogens (tertiary/aromatic N) is 1. The first-order valence-corrected chi connectivity index (χ1v) is 21.5. The van der Waals surface area contributed by atoms with Gasteiger partial charge < -0.3 is 4.57 Å². The first-order valence-electron chi connectivity index (χ1n) is 21.5. The van der Waals surface area contributed by atoms with Gasteiger partial charge in [0.15, 0.2) is 0 Å². The molecule has 1 heterocycles. The lowest BCUT2D eigenvalue weighted by Gasteiger charge is -2.31. The van der Waals surface area contributed by atoms with Crippen molar-refractivity contribution in [3.63, 3.8) is 0 Å². The fourth-order valence-electron chi connectivity index (χ4n) is 10.5. The molecule has 8 aromatic carbocycles. The van der Waals surface area contributed by atoms with Gasteiger partial charge in [-0.2, -0.15) is 0 Å². The van der Waals surface area contributed by atoms with Gasteiger partial charge in [-0.3, -0.25) is 0 Å². The third-order valence-electron chi connectivity index (χ3n) is 12.5. The summed E-state index contributed by atoms with van der Waals surface area (Å²) in [5.41, 5.74) is 12.6. The summed E-state index contributed by atoms with van der Waals surface area (Å²) in [5.74, 6) is 0. The first-order chi connectivity index (χ1) is 27.9. The van der Waals surface area contributed by atoms with Gasteiger partial charge in [-0.05, 0) is 122 Å². The summed E-state index contributed by atoms with van der Waals surface area (Å²) in [7, 11) is 0. The first kappa shape index (κ1) is 38.8. The van der Waals surface area contributed by atoms with Crippen LogP contribution in [0.1, 0.15) is 105 Å². The van der Waals surface area contributed by atoms with E-state index < -0.39 is 0 Å². The van der Waals surface area contributed by atoms with Crippen molar-refractivity contribution < 1.29 is 0 Å². The van der Waals surface area contributed by atoms with Gasteiger partial charge in [-0.1, -0.05) is 198 Å². The largest absolute Gasteiger partial charge is 0.309 e. The van der Waals surface area contributed by atoms with Crippen LogP contribution in [0.2, 0.25) is 0 Å². The molecule has 296 valence electrons. The minimum atomic E-state index is -0.0984. The minimum absolute atomic E-state index is 0.0541. The molecular formula is C58H59N. The summed E-state index contributed by atoms with van der Waals surface area (Å²) in [6, 6.07) is 52.9. The van der Waals surface area contributed by atoms with E-state index in [-0.39, 0.29) is 21.7 Å². The molecule has 0 N–H and O–H groups in total. The molecule has 0 fully saturated rings. The van der Waals surface area contributed by atoms with E-state index in [1.165, 1.54) is 104 Å². The smallest absolute Gasteiger partial charge is 0.0619 e. The minimum Gasteiger partial charge on any atom is -0.309 e. The number of fused-ring (bicyclic) bond motifs is 5. The van der Waals surface area contributed by atoms with Crippen LogP contribution in [0.3, 0.4) is 0 Å². The normalized spacial score (nSPS) is 13.1. The third-order valence-corrected chi connectivity index (χ3v) is 12.5. The Morgan fingerprint density at radius 3 is 1.10 bits per heavy atom. The predicted octanol–water partition coefficient (Wildman–Crippen LogP) is 16.8. The molecule has 9 rings (SSSR count). The topological polar surface area (TPSA) is 4.93 Å². The van der Waals surface area contributed by atoms with Gasteiger partial charge in [-0.15, -0.1) is 0 Å².